The van der Waals surface area contributed by atoms with Crippen molar-refractivity contribution in [3.8, 4) is 0 Å². The summed E-state index contributed by atoms with van der Waals surface area (Å²) in [6.45, 7) is 6.38. The van der Waals surface area contributed by atoms with Crippen LogP contribution < -0.4 is 0 Å². The van der Waals surface area contributed by atoms with E-state index in [4.69, 9.17) is 0 Å². The third-order valence-corrected chi connectivity index (χ3v) is 1.49. The Morgan fingerprint density at radius 1 is 1.56 bits per heavy atom. The largest absolute Gasteiger partial charge is 0.358 e. The summed E-state index contributed by atoms with van der Waals surface area (Å²) in [5.41, 5.74) is 0. The summed E-state index contributed by atoms with van der Waals surface area (Å²) in [6, 6.07) is 0. The van der Waals surface area contributed by atoms with E-state index in [1.54, 1.807) is 0 Å². The molecule has 0 spiro atoms. The predicted molar refractivity (Wildman–Crippen MR) is 37.4 cm³/mol. The molecule has 0 saturated carbocycles. The van der Waals surface area contributed by atoms with Gasteiger partial charge in [-0.1, -0.05) is 6.42 Å². The van der Waals surface area contributed by atoms with Crippen molar-refractivity contribution < 1.29 is 32.7 Å². The molecule has 1 unspecified atom stereocenters. The standard InChI is InChI=1S/C6H12N.CH3.Y/c1-6-3-4-7(2)5-6;;/h6H,1,3-5H2,2H3;1H3;/q2*-1;. The Bertz CT molecular complexity index is 57.9. The van der Waals surface area contributed by atoms with Gasteiger partial charge in [-0.15, -0.1) is 0 Å². The summed E-state index contributed by atoms with van der Waals surface area (Å²) >= 11 is 0. The van der Waals surface area contributed by atoms with Gasteiger partial charge in [-0.25, -0.2) is 0 Å². The van der Waals surface area contributed by atoms with Crippen LogP contribution in [0, 0.1) is 20.3 Å². The van der Waals surface area contributed by atoms with Gasteiger partial charge < -0.3 is 19.3 Å². The Morgan fingerprint density at radius 3 is 2.22 bits per heavy atom. The average Bonchev–Trinajstić information content (AvgIpc) is 1.87. The third-order valence-electron chi connectivity index (χ3n) is 1.49. The van der Waals surface area contributed by atoms with Gasteiger partial charge in [0, 0.05) is 32.7 Å². The van der Waals surface area contributed by atoms with Gasteiger partial charge in [0.15, 0.2) is 0 Å². The molecular formula is C7H15NY-2. The molecule has 0 aromatic carbocycles. The van der Waals surface area contributed by atoms with E-state index in [0.717, 1.165) is 0 Å². The first-order valence-corrected chi connectivity index (χ1v) is 2.80. The second-order valence-electron chi connectivity index (χ2n) is 2.42. The zero-order chi connectivity index (χ0) is 5.28. The quantitative estimate of drug-likeness (QED) is 0.534. The van der Waals surface area contributed by atoms with E-state index in [0.29, 0.717) is 5.92 Å². The Morgan fingerprint density at radius 2 is 2.11 bits per heavy atom. The van der Waals surface area contributed by atoms with Gasteiger partial charge in [-0.3, -0.25) is 0 Å². The fraction of sp³-hybridized carbons (Fsp3) is 0.714. The molecule has 1 heterocycles. The smallest absolute Gasteiger partial charge is 0 e. The second kappa shape index (κ2) is 5.82. The van der Waals surface area contributed by atoms with Crippen molar-refractivity contribution in [1.29, 1.82) is 0 Å². The zero-order valence-corrected chi connectivity index (χ0v) is 9.27. The van der Waals surface area contributed by atoms with E-state index in [1.807, 2.05) is 0 Å². The van der Waals surface area contributed by atoms with Crippen molar-refractivity contribution in [1.82, 2.24) is 4.90 Å². The molecule has 0 aromatic heterocycles. The Balaban J connectivity index is 0. The van der Waals surface area contributed by atoms with Crippen LogP contribution in [-0.4, -0.2) is 25.0 Å². The van der Waals surface area contributed by atoms with Crippen LogP contribution in [0.15, 0.2) is 0 Å². The van der Waals surface area contributed by atoms with E-state index >= 15 is 0 Å². The molecule has 0 bridgehead atoms. The molecule has 1 fully saturated rings. The number of hydrogen-bond acceptors (Lipinski definition) is 1. The summed E-state index contributed by atoms with van der Waals surface area (Å²) < 4.78 is 0. The molecule has 1 nitrogen and oxygen atoms in total. The van der Waals surface area contributed by atoms with Crippen molar-refractivity contribution in [2.45, 2.75) is 6.42 Å². The minimum Gasteiger partial charge on any atom is -0.358 e. The van der Waals surface area contributed by atoms with Crippen LogP contribution in [0.25, 0.3) is 0 Å². The first kappa shape index (κ1) is 12.7. The molecular weight excluding hydrogens is 187 g/mol. The molecule has 1 radical (unpaired) electrons. The van der Waals surface area contributed by atoms with E-state index < -0.39 is 0 Å². The summed E-state index contributed by atoms with van der Waals surface area (Å²) in [4.78, 5) is 2.32. The van der Waals surface area contributed by atoms with Crippen LogP contribution in [0.5, 0.6) is 0 Å². The van der Waals surface area contributed by atoms with Crippen molar-refractivity contribution in [3.05, 3.63) is 14.4 Å². The average molecular weight is 202 g/mol. The summed E-state index contributed by atoms with van der Waals surface area (Å²) in [7, 11) is 2.14. The van der Waals surface area contributed by atoms with Gasteiger partial charge in [0.2, 0.25) is 0 Å². The van der Waals surface area contributed by atoms with Gasteiger partial charge >= 0.3 is 0 Å². The molecule has 53 valence electrons. The maximum absolute atomic E-state index is 3.95. The van der Waals surface area contributed by atoms with Crippen LogP contribution in [-0.2, 0) is 32.7 Å². The summed E-state index contributed by atoms with van der Waals surface area (Å²) in [5.74, 6) is 0.699. The molecule has 1 aliphatic heterocycles. The van der Waals surface area contributed by atoms with Crippen molar-refractivity contribution in [2.24, 2.45) is 5.92 Å². The Hall–Kier alpha value is 1.06. The number of nitrogens with zero attached hydrogens (tertiary/aromatic N) is 1. The molecule has 1 saturated heterocycles. The fourth-order valence-electron chi connectivity index (χ4n) is 1.03. The van der Waals surface area contributed by atoms with E-state index in [1.165, 1.54) is 19.5 Å². The van der Waals surface area contributed by atoms with Crippen LogP contribution >= 0.6 is 0 Å². The van der Waals surface area contributed by atoms with E-state index in [9.17, 15) is 0 Å². The minimum atomic E-state index is 0. The molecule has 9 heavy (non-hydrogen) atoms. The van der Waals surface area contributed by atoms with Gasteiger partial charge in [0.1, 0.15) is 0 Å². The van der Waals surface area contributed by atoms with Crippen LogP contribution in [0.1, 0.15) is 6.42 Å². The fourth-order valence-corrected chi connectivity index (χ4v) is 1.03. The molecule has 0 amide bonds. The monoisotopic (exact) mass is 202 g/mol. The first-order chi connectivity index (χ1) is 3.29. The van der Waals surface area contributed by atoms with Crippen molar-refractivity contribution >= 4 is 0 Å². The molecule has 0 aromatic rings. The van der Waals surface area contributed by atoms with Crippen LogP contribution in [0.4, 0.5) is 0 Å². The second-order valence-corrected chi connectivity index (χ2v) is 2.42. The molecule has 0 N–H and O–H groups in total. The molecule has 0 aliphatic carbocycles. The van der Waals surface area contributed by atoms with E-state index in [2.05, 4.69) is 18.9 Å². The maximum atomic E-state index is 3.95. The van der Waals surface area contributed by atoms with E-state index in [-0.39, 0.29) is 40.1 Å². The van der Waals surface area contributed by atoms with Gasteiger partial charge in [-0.05, 0) is 20.1 Å². The van der Waals surface area contributed by atoms with Gasteiger partial charge in [0.25, 0.3) is 0 Å². The third kappa shape index (κ3) is 4.47. The van der Waals surface area contributed by atoms with Crippen LogP contribution in [0.2, 0.25) is 0 Å². The number of likely N-dealkylation sites (tertiary alicyclic amines) is 1. The Kier molecular flexibility index (Phi) is 8.22. The van der Waals surface area contributed by atoms with Crippen molar-refractivity contribution in [3.63, 3.8) is 0 Å². The normalized spacial score (nSPS) is 26.7. The summed E-state index contributed by atoms with van der Waals surface area (Å²) in [6.07, 6.45) is 1.29. The van der Waals surface area contributed by atoms with Crippen LogP contribution in [0.3, 0.4) is 0 Å². The molecule has 1 rings (SSSR count). The molecule has 1 atom stereocenters. The Labute approximate surface area is 84.1 Å². The topological polar surface area (TPSA) is 3.24 Å². The maximum Gasteiger partial charge on any atom is 0 e. The summed E-state index contributed by atoms with van der Waals surface area (Å²) in [5, 5.41) is 0. The van der Waals surface area contributed by atoms with Gasteiger partial charge in [0.05, 0.1) is 0 Å². The van der Waals surface area contributed by atoms with Gasteiger partial charge in [-0.2, -0.15) is 5.92 Å². The predicted octanol–water partition coefficient (Wildman–Crippen LogP) is 1.22. The zero-order valence-electron chi connectivity index (χ0n) is 6.43. The SMILES string of the molecule is [CH2-]C1CCN(C)C1.[CH3-].[Y]. The number of hydrogen-bond donors (Lipinski definition) is 0. The minimum absolute atomic E-state index is 0. The van der Waals surface area contributed by atoms with Crippen molar-refractivity contribution in [2.75, 3.05) is 20.1 Å². The first-order valence-electron chi connectivity index (χ1n) is 2.80. The molecule has 1 aliphatic rings. The molecule has 2 heteroatoms. The number of rotatable bonds is 0.